The number of ketones is 1. The van der Waals surface area contributed by atoms with Crippen LogP contribution in [0.3, 0.4) is 0 Å². The van der Waals surface area contributed by atoms with Crippen LogP contribution in [0.4, 0.5) is 0 Å². The fraction of sp³-hybridized carbons (Fsp3) is 0.455. The molecule has 1 aliphatic carbocycles. The molecule has 5 heterocycles. The Labute approximate surface area is 244 Å². The maximum Gasteiger partial charge on any atom is 0.305 e. The van der Waals surface area contributed by atoms with Gasteiger partial charge in [-0.05, 0) is 56.0 Å². The number of esters is 1. The lowest BCUT2D eigenvalue weighted by molar-refractivity contribution is -0.140. The minimum absolute atomic E-state index is 0.0173. The average Bonchev–Trinajstić information content (AvgIpc) is 3.71. The van der Waals surface area contributed by atoms with Gasteiger partial charge in [0.2, 0.25) is 0 Å². The molecule has 4 atom stereocenters. The van der Waals surface area contributed by atoms with Gasteiger partial charge in [0.25, 0.3) is 0 Å². The number of rotatable bonds is 5. The summed E-state index contributed by atoms with van der Waals surface area (Å²) in [5, 5.41) is 21.9. The van der Waals surface area contributed by atoms with Gasteiger partial charge in [0.05, 0.1) is 36.3 Å². The first-order chi connectivity index (χ1) is 20.0. The van der Waals surface area contributed by atoms with E-state index in [0.29, 0.717) is 24.1 Å². The van der Waals surface area contributed by atoms with E-state index in [9.17, 15) is 19.8 Å². The Kier molecular flexibility index (Phi) is 6.85. The van der Waals surface area contributed by atoms with E-state index in [0.717, 1.165) is 61.4 Å². The van der Waals surface area contributed by atoms with Crippen molar-refractivity contribution in [3.05, 3.63) is 68.8 Å². The van der Waals surface area contributed by atoms with Crippen LogP contribution in [0.1, 0.15) is 113 Å². The standard InChI is InChI=1S/C33H38N4O5/c1-7-33(5)27-13-24-20(14-38)16(3)21(34-24)11-22-15(2)18(8-9-28(40)42-6)30(36-22)19-10-26(39)29-17(4)23(37-31(19)29)12-25(35-27)32(33)41/h11-13,15,18,32,34,37-38,41H,7-10,14H2,1-6H3/t15-,18-,32?,33?/m0/s1. The number of aromatic amines is 2. The summed E-state index contributed by atoms with van der Waals surface area (Å²) < 4.78 is 4.94. The number of fused-ring (bicyclic) bond motifs is 8. The van der Waals surface area contributed by atoms with E-state index in [2.05, 4.69) is 16.9 Å². The smallest absolute Gasteiger partial charge is 0.305 e. The zero-order chi connectivity index (χ0) is 30.1. The minimum Gasteiger partial charge on any atom is -0.469 e. The highest BCUT2D eigenvalue weighted by molar-refractivity contribution is 6.13. The number of H-pyrrole nitrogens is 2. The fourth-order valence-corrected chi connectivity index (χ4v) is 6.93. The van der Waals surface area contributed by atoms with Gasteiger partial charge in [-0.2, -0.15) is 0 Å². The van der Waals surface area contributed by atoms with Crippen LogP contribution in [0.15, 0.2) is 18.2 Å². The van der Waals surface area contributed by atoms with Gasteiger partial charge in [0, 0.05) is 69.0 Å². The van der Waals surface area contributed by atoms with Crippen LogP contribution in [0, 0.1) is 13.8 Å². The second-order valence-electron chi connectivity index (χ2n) is 12.2. The lowest BCUT2D eigenvalue weighted by Crippen LogP contribution is -2.25. The monoisotopic (exact) mass is 570 g/mol. The predicted octanol–water partition coefficient (Wildman–Crippen LogP) is 5.40. The first-order valence-corrected chi connectivity index (χ1v) is 14.7. The maximum atomic E-state index is 13.4. The Bertz CT molecular complexity index is 1800. The number of methoxy groups -OCH3 is 1. The van der Waals surface area contributed by atoms with Gasteiger partial charge in [0.15, 0.2) is 5.78 Å². The molecule has 0 saturated carbocycles. The topological polar surface area (TPSA) is 141 Å². The van der Waals surface area contributed by atoms with E-state index in [1.54, 1.807) is 0 Å². The van der Waals surface area contributed by atoms with E-state index in [4.69, 9.17) is 14.7 Å². The summed E-state index contributed by atoms with van der Waals surface area (Å²) in [5.41, 5.74) is 9.34. The van der Waals surface area contributed by atoms with Crippen molar-refractivity contribution in [1.82, 2.24) is 19.9 Å². The van der Waals surface area contributed by atoms with E-state index >= 15 is 0 Å². The third-order valence-corrected chi connectivity index (χ3v) is 10.0. The molecule has 3 aliphatic rings. The van der Waals surface area contributed by atoms with Crippen LogP contribution in [-0.4, -0.2) is 49.0 Å². The van der Waals surface area contributed by atoms with E-state index in [1.165, 1.54) is 7.11 Å². The van der Waals surface area contributed by atoms with Crippen molar-refractivity contribution in [3.8, 4) is 0 Å². The molecule has 4 N–H and O–H groups in total. The van der Waals surface area contributed by atoms with Crippen molar-refractivity contribution in [2.75, 3.05) is 7.11 Å². The second kappa shape index (κ2) is 10.2. The zero-order valence-electron chi connectivity index (χ0n) is 25.0. The third kappa shape index (κ3) is 4.13. The highest BCUT2D eigenvalue weighted by Gasteiger charge is 2.41. The third-order valence-electron chi connectivity index (χ3n) is 10.0. The number of Topliss-reactive ketones (excluding diaryl/α,β-unsaturated/α-hetero) is 1. The fourth-order valence-electron chi connectivity index (χ4n) is 6.93. The van der Waals surface area contributed by atoms with Gasteiger partial charge in [-0.25, -0.2) is 0 Å². The van der Waals surface area contributed by atoms with Crippen LogP contribution in [0.25, 0.3) is 22.1 Å². The molecule has 2 unspecified atom stereocenters. The van der Waals surface area contributed by atoms with Gasteiger partial charge >= 0.3 is 5.97 Å². The Morgan fingerprint density at radius 3 is 2.50 bits per heavy atom. The molecule has 8 bridgehead atoms. The number of aliphatic hydroxyl groups excluding tert-OH is 2. The van der Waals surface area contributed by atoms with Gasteiger partial charge in [-0.3, -0.25) is 19.6 Å². The van der Waals surface area contributed by atoms with Crippen LogP contribution in [0.5, 0.6) is 0 Å². The summed E-state index contributed by atoms with van der Waals surface area (Å²) in [6.07, 6.45) is 0.832. The first-order valence-electron chi connectivity index (χ1n) is 14.7. The number of ether oxygens (including phenoxy) is 1. The van der Waals surface area contributed by atoms with Gasteiger partial charge in [0.1, 0.15) is 6.10 Å². The van der Waals surface area contributed by atoms with Crippen molar-refractivity contribution >= 4 is 33.8 Å². The minimum atomic E-state index is -0.847. The van der Waals surface area contributed by atoms with E-state index in [-0.39, 0.29) is 43.0 Å². The second-order valence-corrected chi connectivity index (χ2v) is 12.2. The molecular weight excluding hydrogens is 532 g/mol. The summed E-state index contributed by atoms with van der Waals surface area (Å²) >= 11 is 0. The number of aromatic nitrogens is 4. The quantitative estimate of drug-likeness (QED) is 0.301. The molecule has 6 rings (SSSR count). The van der Waals surface area contributed by atoms with Crippen LogP contribution < -0.4 is 0 Å². The number of nitrogens with zero attached hydrogens (tertiary/aromatic N) is 2. The summed E-state index contributed by atoms with van der Waals surface area (Å²) in [5.74, 6) is -0.356. The van der Waals surface area contributed by atoms with Gasteiger partial charge in [-0.1, -0.05) is 20.8 Å². The lowest BCUT2D eigenvalue weighted by atomic mass is 9.79. The molecule has 0 radical (unpaired) electrons. The molecule has 9 heteroatoms. The summed E-state index contributed by atoms with van der Waals surface area (Å²) in [6, 6.07) is 5.80. The maximum absolute atomic E-state index is 13.4. The molecule has 2 aliphatic heterocycles. The number of nitrogens with one attached hydrogen (secondary N) is 2. The van der Waals surface area contributed by atoms with E-state index < -0.39 is 11.5 Å². The van der Waals surface area contributed by atoms with Crippen molar-refractivity contribution in [1.29, 1.82) is 0 Å². The van der Waals surface area contributed by atoms with Crippen LogP contribution in [-0.2, 0) is 28.0 Å². The van der Waals surface area contributed by atoms with Crippen LogP contribution >= 0.6 is 0 Å². The van der Waals surface area contributed by atoms with Crippen LogP contribution in [0.2, 0.25) is 0 Å². The molecule has 0 saturated heterocycles. The summed E-state index contributed by atoms with van der Waals surface area (Å²) in [6.45, 7) is 9.87. The number of carbonyl (C=O) groups is 2. The normalized spacial score (nSPS) is 23.0. The van der Waals surface area contributed by atoms with Crippen molar-refractivity contribution in [2.24, 2.45) is 0 Å². The highest BCUT2D eigenvalue weighted by atomic mass is 16.5. The Morgan fingerprint density at radius 2 is 1.81 bits per heavy atom. The average molecular weight is 571 g/mol. The molecule has 42 heavy (non-hydrogen) atoms. The number of aryl methyl sites for hydroxylation is 2. The Hall–Kier alpha value is -3.82. The number of aliphatic hydroxyl groups is 2. The largest absolute Gasteiger partial charge is 0.469 e. The van der Waals surface area contributed by atoms with Gasteiger partial charge in [-0.15, -0.1) is 0 Å². The molecular formula is C33H38N4O5. The molecule has 0 aromatic carbocycles. The molecule has 0 spiro atoms. The molecule has 3 aromatic heterocycles. The van der Waals surface area contributed by atoms with E-state index in [1.807, 2.05) is 45.9 Å². The number of hydrogen-bond acceptors (Lipinski definition) is 7. The van der Waals surface area contributed by atoms with Crippen molar-refractivity contribution in [2.45, 2.75) is 90.3 Å². The lowest BCUT2D eigenvalue weighted by Gasteiger charge is -2.26. The Balaban J connectivity index is 1.73. The number of hydrogen-bond donors (Lipinski definition) is 4. The first kappa shape index (κ1) is 28.3. The van der Waals surface area contributed by atoms with Gasteiger partial charge < -0.3 is 24.9 Å². The predicted molar refractivity (Wildman–Crippen MR) is 159 cm³/mol. The SMILES string of the molecule is CCC1(C)c2cc3[nH]c(cc4nc(c5c6[nH]c(cc(n2)C1O)c(C)c6C(=O)C5)[C@@H](CCC(=O)OC)[C@@H]4C)c(C)c3CO. The van der Waals surface area contributed by atoms with Crippen molar-refractivity contribution in [3.63, 3.8) is 0 Å². The molecule has 0 amide bonds. The molecule has 9 nitrogen and oxygen atoms in total. The molecule has 0 fully saturated rings. The summed E-state index contributed by atoms with van der Waals surface area (Å²) in [4.78, 5) is 42.6. The number of carbonyl (C=O) groups excluding carboxylic acids is 2. The summed E-state index contributed by atoms with van der Waals surface area (Å²) in [7, 11) is 1.39. The molecule has 220 valence electrons. The highest BCUT2D eigenvalue weighted by Crippen LogP contribution is 2.46. The zero-order valence-corrected chi connectivity index (χ0v) is 25.0. The molecule has 3 aromatic rings. The van der Waals surface area contributed by atoms with Crippen molar-refractivity contribution < 1.29 is 24.5 Å². The Morgan fingerprint density at radius 1 is 1.10 bits per heavy atom.